The van der Waals surface area contributed by atoms with Crippen molar-refractivity contribution in [3.05, 3.63) is 16.4 Å². The van der Waals surface area contributed by atoms with Crippen molar-refractivity contribution in [2.45, 2.75) is 13.0 Å². The topological polar surface area (TPSA) is 41.1 Å². The maximum absolute atomic E-state index is 5.85. The van der Waals surface area contributed by atoms with Crippen molar-refractivity contribution in [2.24, 2.45) is 0 Å². The van der Waals surface area contributed by atoms with Gasteiger partial charge in [-0.25, -0.2) is 0 Å². The molecule has 1 unspecified atom stereocenters. The molecule has 0 amide bonds. The molecular weight excluding hydrogens is 235 g/mol. The lowest BCUT2D eigenvalue weighted by molar-refractivity contribution is 0.326. The van der Waals surface area contributed by atoms with Crippen molar-refractivity contribution >= 4 is 28.9 Å². The van der Waals surface area contributed by atoms with Crippen LogP contribution in [0.4, 0.5) is 5.69 Å². The summed E-state index contributed by atoms with van der Waals surface area (Å²) in [6.45, 7) is 2.88. The Morgan fingerprint density at radius 3 is 2.67 bits per heavy atom. The highest BCUT2D eigenvalue weighted by molar-refractivity contribution is 6.33. The normalized spacial score (nSPS) is 12.9. The van der Waals surface area contributed by atoms with Crippen molar-refractivity contribution in [3.8, 4) is 0 Å². The van der Waals surface area contributed by atoms with Gasteiger partial charge in [-0.05, 0) is 21.0 Å². The Morgan fingerprint density at radius 2 is 2.07 bits per heavy atom. The number of aromatic nitrogens is 2. The lowest BCUT2D eigenvalue weighted by Gasteiger charge is -2.20. The van der Waals surface area contributed by atoms with Crippen LogP contribution in [-0.4, -0.2) is 41.8 Å². The summed E-state index contributed by atoms with van der Waals surface area (Å²) in [5.74, 6) is 0. The van der Waals surface area contributed by atoms with Gasteiger partial charge in [0.1, 0.15) is 0 Å². The van der Waals surface area contributed by atoms with Gasteiger partial charge in [-0.3, -0.25) is 0 Å². The van der Waals surface area contributed by atoms with Gasteiger partial charge in [-0.15, -0.1) is 10.2 Å². The molecule has 0 radical (unpaired) electrons. The highest BCUT2D eigenvalue weighted by atomic mass is 35.5. The zero-order valence-electron chi connectivity index (χ0n) is 8.96. The molecule has 0 aromatic carbocycles. The van der Waals surface area contributed by atoms with E-state index in [2.05, 4.69) is 27.3 Å². The van der Waals surface area contributed by atoms with Gasteiger partial charge in [0.2, 0.25) is 0 Å². The maximum atomic E-state index is 5.85. The summed E-state index contributed by atoms with van der Waals surface area (Å²) in [5.41, 5.74) is 0.713. The van der Waals surface area contributed by atoms with Crippen LogP contribution in [0.1, 0.15) is 6.92 Å². The third kappa shape index (κ3) is 3.81. The Bertz CT molecular complexity index is 330. The summed E-state index contributed by atoms with van der Waals surface area (Å²) < 4.78 is 0. The smallest absolute Gasteiger partial charge is 0.174 e. The van der Waals surface area contributed by atoms with Gasteiger partial charge in [0, 0.05) is 18.7 Å². The van der Waals surface area contributed by atoms with Crippen LogP contribution in [0.2, 0.25) is 10.3 Å². The number of likely N-dealkylation sites (N-methyl/N-ethyl adjacent to an activating group) is 1. The molecular formula is C9H14Cl2N4. The summed E-state index contributed by atoms with van der Waals surface area (Å²) >= 11 is 11.6. The average Bonchev–Trinajstić information content (AvgIpc) is 2.18. The molecule has 1 aromatic rings. The van der Waals surface area contributed by atoms with Gasteiger partial charge in [-0.2, -0.15) is 0 Å². The first-order valence-electron chi connectivity index (χ1n) is 4.59. The predicted octanol–water partition coefficient (Wildman–Crippen LogP) is 2.15. The fourth-order valence-electron chi connectivity index (χ4n) is 0.917. The third-order valence-corrected chi connectivity index (χ3v) is 2.65. The summed E-state index contributed by atoms with van der Waals surface area (Å²) in [4.78, 5) is 2.11. The van der Waals surface area contributed by atoms with Crippen LogP contribution in [0.15, 0.2) is 6.07 Å². The quantitative estimate of drug-likeness (QED) is 0.887. The van der Waals surface area contributed by atoms with E-state index < -0.39 is 0 Å². The maximum Gasteiger partial charge on any atom is 0.174 e. The zero-order chi connectivity index (χ0) is 11.4. The molecule has 0 saturated heterocycles. The lowest BCUT2D eigenvalue weighted by Crippen LogP contribution is -2.31. The molecule has 0 spiro atoms. The van der Waals surface area contributed by atoms with Crippen molar-refractivity contribution in [3.63, 3.8) is 0 Å². The summed E-state index contributed by atoms with van der Waals surface area (Å²) in [6.07, 6.45) is 0. The van der Waals surface area contributed by atoms with Crippen LogP contribution in [0.3, 0.4) is 0 Å². The molecule has 4 nitrogen and oxygen atoms in total. The van der Waals surface area contributed by atoms with Crippen molar-refractivity contribution < 1.29 is 0 Å². The predicted molar refractivity (Wildman–Crippen MR) is 63.7 cm³/mol. The van der Waals surface area contributed by atoms with Gasteiger partial charge in [-0.1, -0.05) is 23.2 Å². The van der Waals surface area contributed by atoms with E-state index in [1.807, 2.05) is 14.1 Å². The number of nitrogens with one attached hydrogen (secondary N) is 1. The van der Waals surface area contributed by atoms with E-state index >= 15 is 0 Å². The highest BCUT2D eigenvalue weighted by Crippen LogP contribution is 2.20. The van der Waals surface area contributed by atoms with E-state index in [1.165, 1.54) is 0 Å². The average molecular weight is 249 g/mol. The van der Waals surface area contributed by atoms with Gasteiger partial charge >= 0.3 is 0 Å². The van der Waals surface area contributed by atoms with Crippen LogP contribution in [0.5, 0.6) is 0 Å². The fourth-order valence-corrected chi connectivity index (χ4v) is 1.22. The number of rotatable bonds is 4. The highest BCUT2D eigenvalue weighted by Gasteiger charge is 2.07. The van der Waals surface area contributed by atoms with E-state index in [4.69, 9.17) is 23.2 Å². The molecule has 1 aromatic heterocycles. The fraction of sp³-hybridized carbons (Fsp3) is 0.556. The Labute approximate surface area is 99.6 Å². The molecule has 0 saturated carbocycles. The van der Waals surface area contributed by atoms with Crippen LogP contribution in [0, 0.1) is 0 Å². The lowest BCUT2D eigenvalue weighted by atomic mass is 10.3. The Balaban J connectivity index is 2.61. The number of nitrogens with zero attached hydrogens (tertiary/aromatic N) is 3. The first-order valence-corrected chi connectivity index (χ1v) is 5.35. The number of anilines is 1. The minimum atomic E-state index is 0.333. The molecule has 0 aliphatic carbocycles. The Morgan fingerprint density at radius 1 is 1.40 bits per heavy atom. The van der Waals surface area contributed by atoms with Crippen molar-refractivity contribution in [1.82, 2.24) is 15.1 Å². The van der Waals surface area contributed by atoms with E-state index in [0.29, 0.717) is 22.0 Å². The second-order valence-electron chi connectivity index (χ2n) is 3.57. The summed E-state index contributed by atoms with van der Waals surface area (Å²) in [6, 6.07) is 2.06. The van der Waals surface area contributed by atoms with E-state index in [0.717, 1.165) is 6.54 Å². The van der Waals surface area contributed by atoms with E-state index in [9.17, 15) is 0 Å². The number of halogens is 2. The third-order valence-electron chi connectivity index (χ3n) is 2.19. The largest absolute Gasteiger partial charge is 0.381 e. The minimum absolute atomic E-state index is 0.333. The number of hydrogen-bond acceptors (Lipinski definition) is 4. The van der Waals surface area contributed by atoms with Crippen LogP contribution in [0.25, 0.3) is 0 Å². The zero-order valence-corrected chi connectivity index (χ0v) is 10.5. The Hall–Kier alpha value is -0.580. The molecule has 15 heavy (non-hydrogen) atoms. The van der Waals surface area contributed by atoms with Gasteiger partial charge in [0.15, 0.2) is 10.3 Å². The van der Waals surface area contributed by atoms with Crippen molar-refractivity contribution in [2.75, 3.05) is 26.0 Å². The first kappa shape index (κ1) is 12.5. The molecule has 6 heteroatoms. The monoisotopic (exact) mass is 248 g/mol. The molecule has 1 atom stereocenters. The summed E-state index contributed by atoms with van der Waals surface area (Å²) in [7, 11) is 4.04. The summed E-state index contributed by atoms with van der Waals surface area (Å²) in [5, 5.41) is 11.2. The minimum Gasteiger partial charge on any atom is -0.381 e. The Kier molecular flexibility index (Phi) is 4.57. The first-order chi connectivity index (χ1) is 7.00. The van der Waals surface area contributed by atoms with E-state index in [-0.39, 0.29) is 0 Å². The molecule has 84 valence electrons. The van der Waals surface area contributed by atoms with E-state index in [1.54, 1.807) is 6.07 Å². The molecule has 0 fully saturated rings. The molecule has 0 aliphatic heterocycles. The molecule has 1 N–H and O–H groups in total. The van der Waals surface area contributed by atoms with Crippen molar-refractivity contribution in [1.29, 1.82) is 0 Å². The second kappa shape index (κ2) is 5.49. The van der Waals surface area contributed by atoms with Crippen LogP contribution in [-0.2, 0) is 0 Å². The van der Waals surface area contributed by atoms with Crippen LogP contribution >= 0.6 is 23.2 Å². The number of hydrogen-bond donors (Lipinski definition) is 1. The molecule has 1 heterocycles. The molecule has 1 rings (SSSR count). The van der Waals surface area contributed by atoms with Crippen LogP contribution < -0.4 is 5.32 Å². The molecule has 0 bridgehead atoms. The van der Waals surface area contributed by atoms with Gasteiger partial charge in [0.25, 0.3) is 0 Å². The van der Waals surface area contributed by atoms with Gasteiger partial charge < -0.3 is 10.2 Å². The standard InChI is InChI=1S/C9H14Cl2N4/c1-6(15(2)3)5-12-7-4-8(10)13-14-9(7)11/h4,6H,5H2,1-3H3,(H,12,13). The SMILES string of the molecule is CC(CNc1cc(Cl)nnc1Cl)N(C)C. The molecule has 0 aliphatic rings. The second-order valence-corrected chi connectivity index (χ2v) is 4.31. The van der Waals surface area contributed by atoms with Gasteiger partial charge in [0.05, 0.1) is 5.69 Å².